The Labute approximate surface area is 158 Å². The molecule has 0 saturated carbocycles. The second-order valence-electron chi connectivity index (χ2n) is 7.04. The zero-order chi connectivity index (χ0) is 19.6. The van der Waals surface area contributed by atoms with Gasteiger partial charge in [-0.25, -0.2) is 4.39 Å². The summed E-state index contributed by atoms with van der Waals surface area (Å²) in [6.45, 7) is 5.58. The van der Waals surface area contributed by atoms with Gasteiger partial charge in [-0.3, -0.25) is 9.59 Å². The fraction of sp³-hybridized carbons (Fsp3) is 0.364. The van der Waals surface area contributed by atoms with Crippen molar-refractivity contribution < 1.29 is 18.7 Å². The molecule has 2 aromatic rings. The molecular formula is C22H24FNO3. The van der Waals surface area contributed by atoms with Crippen molar-refractivity contribution in [1.29, 1.82) is 0 Å². The molecule has 0 fully saturated rings. The highest BCUT2D eigenvalue weighted by molar-refractivity contribution is 6.03. The summed E-state index contributed by atoms with van der Waals surface area (Å²) in [5, 5.41) is 2.88. The fourth-order valence-electron chi connectivity index (χ4n) is 3.50. The van der Waals surface area contributed by atoms with Crippen molar-refractivity contribution in [2.24, 2.45) is 0 Å². The number of halogens is 1. The van der Waals surface area contributed by atoms with E-state index >= 15 is 0 Å². The molecule has 4 nitrogen and oxygen atoms in total. The first-order chi connectivity index (χ1) is 12.9. The summed E-state index contributed by atoms with van der Waals surface area (Å²) in [5.41, 5.74) is 2.91. The van der Waals surface area contributed by atoms with Crippen LogP contribution in [0.3, 0.4) is 0 Å². The number of fused-ring (bicyclic) bond motifs is 1. The van der Waals surface area contributed by atoms with Gasteiger partial charge in [-0.2, -0.15) is 0 Å². The van der Waals surface area contributed by atoms with E-state index < -0.39 is 5.82 Å². The Morgan fingerprint density at radius 2 is 1.96 bits per heavy atom. The van der Waals surface area contributed by atoms with Crippen LogP contribution in [0.1, 0.15) is 66.2 Å². The number of ketones is 1. The second-order valence-corrected chi connectivity index (χ2v) is 7.04. The Kier molecular flexibility index (Phi) is 5.59. The molecule has 0 spiro atoms. The predicted molar refractivity (Wildman–Crippen MR) is 102 cm³/mol. The number of carbonyl (C=O) groups is 2. The molecule has 2 aromatic carbocycles. The standard InChI is InChI=1S/C22H24FNO3/c1-4-15-5-7-16(8-6-15)14(3)24-20(26)12-27-19-10-9-17(23)21-13(2)11-18(25)22(19)21/h5-10,13-14H,4,11-12H2,1-3H3,(H,24,26). The largest absolute Gasteiger partial charge is 0.483 e. The first kappa shape index (κ1) is 19.1. The molecule has 27 heavy (non-hydrogen) atoms. The number of aryl methyl sites for hydroxylation is 1. The second kappa shape index (κ2) is 7.91. The molecular weight excluding hydrogens is 345 g/mol. The van der Waals surface area contributed by atoms with Crippen LogP contribution in [0.25, 0.3) is 0 Å². The van der Waals surface area contributed by atoms with Crippen molar-refractivity contribution in [2.75, 3.05) is 6.61 Å². The summed E-state index contributed by atoms with van der Waals surface area (Å²) in [4.78, 5) is 24.4. The van der Waals surface area contributed by atoms with Crippen LogP contribution in [0.5, 0.6) is 5.75 Å². The summed E-state index contributed by atoms with van der Waals surface area (Å²) in [6, 6.07) is 10.6. The van der Waals surface area contributed by atoms with Crippen molar-refractivity contribution >= 4 is 11.7 Å². The molecule has 1 aliphatic carbocycles. The van der Waals surface area contributed by atoms with Crippen molar-refractivity contribution in [3.63, 3.8) is 0 Å². The van der Waals surface area contributed by atoms with Crippen LogP contribution in [0.15, 0.2) is 36.4 Å². The molecule has 0 bridgehead atoms. The van der Waals surface area contributed by atoms with E-state index in [1.165, 1.54) is 17.7 Å². The lowest BCUT2D eigenvalue weighted by Gasteiger charge is -2.16. The van der Waals surface area contributed by atoms with Crippen molar-refractivity contribution in [2.45, 2.75) is 45.6 Å². The maximum absolute atomic E-state index is 14.0. The predicted octanol–water partition coefficient (Wildman–Crippen LogP) is 4.33. The van der Waals surface area contributed by atoms with Crippen LogP contribution in [0.2, 0.25) is 0 Å². The van der Waals surface area contributed by atoms with Gasteiger partial charge >= 0.3 is 0 Å². The van der Waals surface area contributed by atoms with Gasteiger partial charge in [0, 0.05) is 12.0 Å². The third kappa shape index (κ3) is 4.02. The monoisotopic (exact) mass is 369 g/mol. The topological polar surface area (TPSA) is 55.4 Å². The molecule has 0 saturated heterocycles. The molecule has 0 radical (unpaired) electrons. The number of nitrogens with one attached hydrogen (secondary N) is 1. The third-order valence-electron chi connectivity index (χ3n) is 5.04. The highest BCUT2D eigenvalue weighted by Gasteiger charge is 2.32. The number of hydrogen-bond donors (Lipinski definition) is 1. The maximum atomic E-state index is 14.0. The van der Waals surface area contributed by atoms with Crippen LogP contribution in [0, 0.1) is 5.82 Å². The van der Waals surface area contributed by atoms with Gasteiger partial charge < -0.3 is 10.1 Å². The fourth-order valence-corrected chi connectivity index (χ4v) is 3.50. The molecule has 0 heterocycles. The number of ether oxygens (including phenoxy) is 1. The average molecular weight is 369 g/mol. The van der Waals surface area contributed by atoms with Gasteiger partial charge in [0.2, 0.25) is 0 Å². The van der Waals surface area contributed by atoms with Gasteiger partial charge in [-0.05, 0) is 42.5 Å². The quantitative estimate of drug-likeness (QED) is 0.824. The minimum absolute atomic E-state index is 0.142. The zero-order valence-corrected chi connectivity index (χ0v) is 15.8. The zero-order valence-electron chi connectivity index (χ0n) is 15.8. The van der Waals surface area contributed by atoms with Crippen molar-refractivity contribution in [1.82, 2.24) is 5.32 Å². The summed E-state index contributed by atoms with van der Waals surface area (Å²) < 4.78 is 19.6. The normalized spacial score (nSPS) is 16.7. The van der Waals surface area contributed by atoms with E-state index in [9.17, 15) is 14.0 Å². The van der Waals surface area contributed by atoms with Gasteiger partial charge in [0.15, 0.2) is 12.4 Å². The van der Waals surface area contributed by atoms with E-state index in [2.05, 4.69) is 12.2 Å². The van der Waals surface area contributed by atoms with Gasteiger partial charge in [0.25, 0.3) is 5.91 Å². The Morgan fingerprint density at radius 1 is 1.26 bits per heavy atom. The van der Waals surface area contributed by atoms with Crippen LogP contribution in [0.4, 0.5) is 4.39 Å². The Balaban J connectivity index is 1.64. The minimum Gasteiger partial charge on any atom is -0.483 e. The van der Waals surface area contributed by atoms with E-state index in [1.807, 2.05) is 38.1 Å². The summed E-state index contributed by atoms with van der Waals surface area (Å²) in [5.74, 6) is -0.730. The summed E-state index contributed by atoms with van der Waals surface area (Å²) in [6.07, 6.45) is 1.23. The van der Waals surface area contributed by atoms with E-state index in [0.717, 1.165) is 12.0 Å². The van der Waals surface area contributed by atoms with Gasteiger partial charge in [0.05, 0.1) is 11.6 Å². The maximum Gasteiger partial charge on any atom is 0.258 e. The number of amides is 1. The molecule has 2 atom stereocenters. The molecule has 142 valence electrons. The molecule has 1 amide bonds. The van der Waals surface area contributed by atoms with Crippen LogP contribution >= 0.6 is 0 Å². The first-order valence-electron chi connectivity index (χ1n) is 9.27. The van der Waals surface area contributed by atoms with Crippen molar-refractivity contribution in [3.05, 3.63) is 64.5 Å². The number of hydrogen-bond acceptors (Lipinski definition) is 3. The van der Waals surface area contributed by atoms with E-state index in [1.54, 1.807) is 0 Å². The van der Waals surface area contributed by atoms with Crippen LogP contribution in [-0.4, -0.2) is 18.3 Å². The van der Waals surface area contributed by atoms with E-state index in [-0.39, 0.29) is 48.0 Å². The van der Waals surface area contributed by atoms with E-state index in [0.29, 0.717) is 5.56 Å². The highest BCUT2D eigenvalue weighted by atomic mass is 19.1. The average Bonchev–Trinajstić information content (AvgIpc) is 2.96. The molecule has 0 aliphatic heterocycles. The minimum atomic E-state index is -0.399. The molecule has 0 aromatic heterocycles. The summed E-state index contributed by atoms with van der Waals surface area (Å²) >= 11 is 0. The number of carbonyl (C=O) groups excluding carboxylic acids is 2. The van der Waals surface area contributed by atoms with Crippen LogP contribution in [-0.2, 0) is 11.2 Å². The smallest absolute Gasteiger partial charge is 0.258 e. The van der Waals surface area contributed by atoms with Gasteiger partial charge in [0.1, 0.15) is 11.6 Å². The Morgan fingerprint density at radius 3 is 2.63 bits per heavy atom. The Bertz CT molecular complexity index is 861. The SMILES string of the molecule is CCc1ccc(C(C)NC(=O)COc2ccc(F)c3c2C(=O)CC3C)cc1. The van der Waals surface area contributed by atoms with Gasteiger partial charge in [-0.1, -0.05) is 38.1 Å². The lowest BCUT2D eigenvalue weighted by molar-refractivity contribution is -0.123. The van der Waals surface area contributed by atoms with E-state index in [4.69, 9.17) is 4.74 Å². The lowest BCUT2D eigenvalue weighted by atomic mass is 10.0. The molecule has 1 N–H and O–H groups in total. The van der Waals surface area contributed by atoms with Crippen molar-refractivity contribution in [3.8, 4) is 5.75 Å². The molecule has 2 unspecified atom stereocenters. The number of benzene rings is 2. The highest BCUT2D eigenvalue weighted by Crippen LogP contribution is 2.39. The Hall–Kier alpha value is -2.69. The number of Topliss-reactive ketones (excluding diaryl/α,β-unsaturated/α-hetero) is 1. The first-order valence-corrected chi connectivity index (χ1v) is 9.27. The lowest BCUT2D eigenvalue weighted by Crippen LogP contribution is -2.31. The molecule has 1 aliphatic rings. The summed E-state index contributed by atoms with van der Waals surface area (Å²) in [7, 11) is 0. The molecule has 3 rings (SSSR count). The number of rotatable bonds is 6. The molecule has 5 heteroatoms. The van der Waals surface area contributed by atoms with Crippen LogP contribution < -0.4 is 10.1 Å². The third-order valence-corrected chi connectivity index (χ3v) is 5.04. The van der Waals surface area contributed by atoms with Gasteiger partial charge in [-0.15, -0.1) is 0 Å².